The van der Waals surface area contributed by atoms with Crippen molar-refractivity contribution in [1.82, 2.24) is 20.4 Å². The maximum Gasteiger partial charge on any atom is 0.254 e. The molecular weight excluding hydrogens is 331 g/mol. The molecule has 1 saturated heterocycles. The van der Waals surface area contributed by atoms with E-state index in [-0.39, 0.29) is 30.2 Å². The summed E-state index contributed by atoms with van der Waals surface area (Å²) >= 11 is 0. The molecule has 2 aromatic rings. The summed E-state index contributed by atoms with van der Waals surface area (Å²) < 4.78 is 14.8. The standard InChI is InChI=1S/C17H21FN4O.ClH/c1-2-16-15(17(23)21-13-7-9-19-10-8-13)11-20-22(16)14-5-3-12(18)4-6-14;/h3-6,11,13,19H,2,7-10H2,1H3,(H,21,23);1H. The van der Waals surface area contributed by atoms with Crippen molar-refractivity contribution in [2.75, 3.05) is 13.1 Å². The van der Waals surface area contributed by atoms with E-state index in [0.29, 0.717) is 12.0 Å². The molecule has 1 aromatic heterocycles. The van der Waals surface area contributed by atoms with Gasteiger partial charge in [-0.25, -0.2) is 9.07 Å². The Morgan fingerprint density at radius 2 is 2.00 bits per heavy atom. The molecule has 3 rings (SSSR count). The maximum absolute atomic E-state index is 13.1. The molecule has 1 aromatic carbocycles. The molecule has 1 aliphatic heterocycles. The number of piperidine rings is 1. The molecule has 0 spiro atoms. The molecule has 7 heteroatoms. The Morgan fingerprint density at radius 1 is 1.33 bits per heavy atom. The van der Waals surface area contributed by atoms with Crippen molar-refractivity contribution < 1.29 is 9.18 Å². The normalized spacial score (nSPS) is 14.9. The predicted octanol–water partition coefficient (Wildman–Crippen LogP) is 2.48. The molecule has 2 N–H and O–H groups in total. The molecule has 2 heterocycles. The Labute approximate surface area is 147 Å². The van der Waals surface area contributed by atoms with Gasteiger partial charge in [0.1, 0.15) is 5.82 Å². The van der Waals surface area contributed by atoms with Gasteiger partial charge in [-0.05, 0) is 56.6 Å². The van der Waals surface area contributed by atoms with Crippen molar-refractivity contribution >= 4 is 18.3 Å². The van der Waals surface area contributed by atoms with Gasteiger partial charge >= 0.3 is 0 Å². The number of nitrogens with one attached hydrogen (secondary N) is 2. The second-order valence-electron chi connectivity index (χ2n) is 5.74. The molecule has 1 fully saturated rings. The molecule has 0 aliphatic carbocycles. The lowest BCUT2D eigenvalue weighted by Gasteiger charge is -2.23. The third kappa shape index (κ3) is 3.94. The summed E-state index contributed by atoms with van der Waals surface area (Å²) in [5, 5.41) is 10.7. The molecule has 24 heavy (non-hydrogen) atoms. The largest absolute Gasteiger partial charge is 0.349 e. The first-order valence-electron chi connectivity index (χ1n) is 8.03. The molecule has 130 valence electrons. The Morgan fingerprint density at radius 3 is 2.62 bits per heavy atom. The highest BCUT2D eigenvalue weighted by Gasteiger charge is 2.21. The molecule has 5 nitrogen and oxygen atoms in total. The topological polar surface area (TPSA) is 59.0 Å². The van der Waals surface area contributed by atoms with Crippen molar-refractivity contribution in [1.29, 1.82) is 0 Å². The second kappa shape index (κ2) is 8.26. The molecule has 0 bridgehead atoms. The summed E-state index contributed by atoms with van der Waals surface area (Å²) in [5.74, 6) is -0.370. The number of rotatable bonds is 4. The van der Waals surface area contributed by atoms with E-state index < -0.39 is 0 Å². The molecule has 1 aliphatic rings. The molecular formula is C17H22ClFN4O. The van der Waals surface area contributed by atoms with E-state index in [1.54, 1.807) is 23.0 Å². The van der Waals surface area contributed by atoms with Gasteiger partial charge in [0.25, 0.3) is 5.91 Å². The van der Waals surface area contributed by atoms with E-state index in [1.165, 1.54) is 12.1 Å². The van der Waals surface area contributed by atoms with Crippen LogP contribution in [0.4, 0.5) is 4.39 Å². The minimum Gasteiger partial charge on any atom is -0.349 e. The van der Waals surface area contributed by atoms with Crippen LogP contribution in [0.5, 0.6) is 0 Å². The molecule has 0 radical (unpaired) electrons. The lowest BCUT2D eigenvalue weighted by atomic mass is 10.1. The van der Waals surface area contributed by atoms with Gasteiger partial charge in [0.2, 0.25) is 0 Å². The monoisotopic (exact) mass is 352 g/mol. The number of hydrogen-bond acceptors (Lipinski definition) is 3. The number of carbonyl (C=O) groups excluding carboxylic acids is 1. The first-order valence-corrected chi connectivity index (χ1v) is 8.03. The van der Waals surface area contributed by atoms with Crippen LogP contribution in [0.15, 0.2) is 30.5 Å². The van der Waals surface area contributed by atoms with Gasteiger partial charge in [-0.1, -0.05) is 6.92 Å². The van der Waals surface area contributed by atoms with Crippen molar-refractivity contribution in [2.45, 2.75) is 32.2 Å². The van der Waals surface area contributed by atoms with E-state index in [4.69, 9.17) is 0 Å². The SMILES string of the molecule is CCc1c(C(=O)NC2CCNCC2)cnn1-c1ccc(F)cc1.Cl. The zero-order valence-corrected chi connectivity index (χ0v) is 14.4. The molecule has 0 unspecified atom stereocenters. The number of benzene rings is 1. The van der Waals surface area contributed by atoms with Crippen LogP contribution in [0.3, 0.4) is 0 Å². The van der Waals surface area contributed by atoms with Crippen molar-refractivity contribution in [3.05, 3.63) is 47.5 Å². The van der Waals surface area contributed by atoms with E-state index in [0.717, 1.165) is 37.3 Å². The van der Waals surface area contributed by atoms with Crippen LogP contribution in [0.25, 0.3) is 5.69 Å². The van der Waals surface area contributed by atoms with Crippen LogP contribution in [0.2, 0.25) is 0 Å². The Hall–Kier alpha value is -1.92. The minimum absolute atomic E-state index is 0. The fourth-order valence-electron chi connectivity index (χ4n) is 2.94. The summed E-state index contributed by atoms with van der Waals surface area (Å²) in [6, 6.07) is 6.32. The van der Waals surface area contributed by atoms with Gasteiger partial charge in [-0.2, -0.15) is 5.10 Å². The lowest BCUT2D eigenvalue weighted by Crippen LogP contribution is -2.42. The highest BCUT2D eigenvalue weighted by molar-refractivity contribution is 5.95. The number of carbonyl (C=O) groups is 1. The Bertz CT molecular complexity index is 680. The van der Waals surface area contributed by atoms with E-state index in [1.807, 2.05) is 6.92 Å². The first-order chi connectivity index (χ1) is 11.2. The lowest BCUT2D eigenvalue weighted by molar-refractivity contribution is 0.0928. The van der Waals surface area contributed by atoms with Crippen LogP contribution in [0, 0.1) is 5.82 Å². The quantitative estimate of drug-likeness (QED) is 0.888. The number of halogens is 2. The fourth-order valence-corrected chi connectivity index (χ4v) is 2.94. The smallest absolute Gasteiger partial charge is 0.254 e. The van der Waals surface area contributed by atoms with E-state index >= 15 is 0 Å². The fraction of sp³-hybridized carbons (Fsp3) is 0.412. The highest BCUT2D eigenvalue weighted by atomic mass is 35.5. The third-order valence-electron chi connectivity index (χ3n) is 4.19. The van der Waals surface area contributed by atoms with Crippen molar-refractivity contribution in [3.8, 4) is 5.69 Å². The van der Waals surface area contributed by atoms with Crippen LogP contribution in [0.1, 0.15) is 35.8 Å². The van der Waals surface area contributed by atoms with Crippen molar-refractivity contribution in [2.24, 2.45) is 0 Å². The predicted molar refractivity (Wildman–Crippen MR) is 93.5 cm³/mol. The second-order valence-corrected chi connectivity index (χ2v) is 5.74. The van der Waals surface area contributed by atoms with Crippen molar-refractivity contribution in [3.63, 3.8) is 0 Å². The number of nitrogens with zero attached hydrogens (tertiary/aromatic N) is 2. The summed E-state index contributed by atoms with van der Waals surface area (Å²) in [6.07, 6.45) is 4.16. The maximum atomic E-state index is 13.1. The van der Waals surface area contributed by atoms with Gasteiger partial charge in [0, 0.05) is 6.04 Å². The average molecular weight is 353 g/mol. The van der Waals surface area contributed by atoms with Gasteiger partial charge in [-0.3, -0.25) is 4.79 Å². The Balaban J connectivity index is 0.00000208. The zero-order valence-electron chi connectivity index (χ0n) is 13.6. The summed E-state index contributed by atoms with van der Waals surface area (Å²) in [6.45, 7) is 3.85. The number of hydrogen-bond donors (Lipinski definition) is 2. The summed E-state index contributed by atoms with van der Waals surface area (Å²) in [7, 11) is 0. The van der Waals surface area contributed by atoms with Gasteiger partial charge in [0.05, 0.1) is 23.1 Å². The van der Waals surface area contributed by atoms with Gasteiger partial charge < -0.3 is 10.6 Å². The highest BCUT2D eigenvalue weighted by Crippen LogP contribution is 2.17. The average Bonchev–Trinajstić information content (AvgIpc) is 3.00. The van der Waals surface area contributed by atoms with Crippen LogP contribution >= 0.6 is 12.4 Å². The summed E-state index contributed by atoms with van der Waals surface area (Å²) in [4.78, 5) is 12.5. The first kappa shape index (κ1) is 18.4. The molecule has 1 amide bonds. The Kier molecular flexibility index (Phi) is 6.34. The van der Waals surface area contributed by atoms with E-state index in [2.05, 4.69) is 15.7 Å². The summed E-state index contributed by atoms with van der Waals surface area (Å²) in [5.41, 5.74) is 2.18. The number of aromatic nitrogens is 2. The van der Waals surface area contributed by atoms with Gasteiger partial charge in [0.15, 0.2) is 0 Å². The third-order valence-corrected chi connectivity index (χ3v) is 4.19. The zero-order chi connectivity index (χ0) is 16.2. The van der Waals surface area contributed by atoms with Gasteiger partial charge in [-0.15, -0.1) is 12.4 Å². The van der Waals surface area contributed by atoms with Crippen LogP contribution in [-0.4, -0.2) is 34.8 Å². The van der Waals surface area contributed by atoms with Crippen LogP contribution < -0.4 is 10.6 Å². The van der Waals surface area contributed by atoms with E-state index in [9.17, 15) is 9.18 Å². The molecule has 0 atom stereocenters. The molecule has 0 saturated carbocycles. The minimum atomic E-state index is -0.289. The van der Waals surface area contributed by atoms with Crippen LogP contribution in [-0.2, 0) is 6.42 Å². The number of amides is 1.